The van der Waals surface area contributed by atoms with Gasteiger partial charge in [0, 0.05) is 39.0 Å². The molecule has 0 aromatic carbocycles. The van der Waals surface area contributed by atoms with Crippen LogP contribution < -0.4 is 15.5 Å². The van der Waals surface area contributed by atoms with Crippen LogP contribution in [0.4, 0.5) is 5.82 Å². The van der Waals surface area contributed by atoms with Crippen molar-refractivity contribution in [3.63, 3.8) is 0 Å². The quantitative estimate of drug-likeness (QED) is 0.444. The Kier molecular flexibility index (Phi) is 9.25. The topological polar surface area (TPSA) is 72.8 Å². The van der Waals surface area contributed by atoms with Crippen molar-refractivity contribution < 1.29 is 5.11 Å². The average Bonchev–Trinajstić information content (AvgIpc) is 3.06. The first-order valence-electron chi connectivity index (χ1n) is 12.1. The lowest BCUT2D eigenvalue weighted by molar-refractivity contribution is 0.131. The molecular formula is C24H41N5O. The minimum Gasteiger partial charge on any atom is -0.396 e. The summed E-state index contributed by atoms with van der Waals surface area (Å²) in [6.45, 7) is 6.96. The normalized spacial score (nSPS) is 19.9. The highest BCUT2D eigenvalue weighted by Crippen LogP contribution is 2.38. The Morgan fingerprint density at radius 3 is 2.53 bits per heavy atom. The highest BCUT2D eigenvalue weighted by molar-refractivity contribution is 5.79. The Morgan fingerprint density at radius 2 is 1.83 bits per heavy atom. The Labute approximate surface area is 182 Å². The molecule has 2 fully saturated rings. The van der Waals surface area contributed by atoms with Crippen molar-refractivity contribution in [2.45, 2.75) is 77.7 Å². The van der Waals surface area contributed by atoms with Gasteiger partial charge in [0.2, 0.25) is 0 Å². The Morgan fingerprint density at radius 1 is 1.10 bits per heavy atom. The molecule has 3 rings (SSSR count). The average molecular weight is 416 g/mol. The van der Waals surface area contributed by atoms with Crippen LogP contribution in [0.3, 0.4) is 0 Å². The molecule has 0 amide bonds. The summed E-state index contributed by atoms with van der Waals surface area (Å²) in [7, 11) is 0. The summed E-state index contributed by atoms with van der Waals surface area (Å²) in [4.78, 5) is 11.9. The predicted molar refractivity (Wildman–Crippen MR) is 125 cm³/mol. The molecule has 2 aliphatic rings. The van der Waals surface area contributed by atoms with Crippen LogP contribution >= 0.6 is 0 Å². The Balaban J connectivity index is 1.61. The van der Waals surface area contributed by atoms with Gasteiger partial charge in [-0.1, -0.05) is 32.1 Å². The molecule has 1 aromatic heterocycles. The van der Waals surface area contributed by atoms with E-state index in [1.165, 1.54) is 63.4 Å². The van der Waals surface area contributed by atoms with E-state index in [1.807, 2.05) is 6.20 Å². The highest BCUT2D eigenvalue weighted by atomic mass is 16.3. The lowest BCUT2D eigenvalue weighted by atomic mass is 9.72. The van der Waals surface area contributed by atoms with Crippen LogP contribution in [0.25, 0.3) is 0 Å². The van der Waals surface area contributed by atoms with Gasteiger partial charge < -0.3 is 20.6 Å². The fourth-order valence-electron chi connectivity index (χ4n) is 4.87. The summed E-state index contributed by atoms with van der Waals surface area (Å²) in [6.07, 6.45) is 14.2. The van der Waals surface area contributed by atoms with Gasteiger partial charge in [0.05, 0.1) is 6.54 Å². The van der Waals surface area contributed by atoms with Gasteiger partial charge >= 0.3 is 0 Å². The summed E-state index contributed by atoms with van der Waals surface area (Å²) in [5.41, 5.74) is 1.41. The second kappa shape index (κ2) is 12.1. The number of aliphatic imine (C=N–C) groups is 1. The maximum atomic E-state index is 9.57. The summed E-state index contributed by atoms with van der Waals surface area (Å²) >= 11 is 0. The summed E-state index contributed by atoms with van der Waals surface area (Å²) in [5, 5.41) is 16.5. The lowest BCUT2D eigenvalue weighted by Crippen LogP contribution is -2.44. The van der Waals surface area contributed by atoms with E-state index < -0.39 is 0 Å². The number of anilines is 1. The molecule has 2 heterocycles. The molecule has 6 heteroatoms. The van der Waals surface area contributed by atoms with Gasteiger partial charge in [-0.25, -0.2) is 9.98 Å². The number of rotatable bonds is 8. The molecule has 30 heavy (non-hydrogen) atoms. The molecule has 6 nitrogen and oxygen atoms in total. The number of aromatic nitrogens is 1. The van der Waals surface area contributed by atoms with E-state index >= 15 is 0 Å². The number of nitrogens with one attached hydrogen (secondary N) is 2. The number of nitrogens with zero attached hydrogens (tertiary/aromatic N) is 3. The van der Waals surface area contributed by atoms with Crippen molar-refractivity contribution >= 4 is 11.8 Å². The van der Waals surface area contributed by atoms with Gasteiger partial charge in [-0.15, -0.1) is 0 Å². The Hall–Kier alpha value is -1.82. The van der Waals surface area contributed by atoms with Gasteiger partial charge in [0.1, 0.15) is 5.82 Å². The van der Waals surface area contributed by atoms with Crippen molar-refractivity contribution in [2.24, 2.45) is 10.4 Å². The third-order valence-electron chi connectivity index (χ3n) is 6.69. The molecule has 1 aromatic rings. The number of pyridine rings is 1. The number of guanidine groups is 1. The van der Waals surface area contributed by atoms with Crippen molar-refractivity contribution in [1.82, 2.24) is 15.6 Å². The third-order valence-corrected chi connectivity index (χ3v) is 6.69. The van der Waals surface area contributed by atoms with Crippen LogP contribution in [-0.4, -0.2) is 48.8 Å². The second-order valence-electron chi connectivity index (χ2n) is 9.01. The van der Waals surface area contributed by atoms with Crippen molar-refractivity contribution in [1.29, 1.82) is 0 Å². The third kappa shape index (κ3) is 6.86. The first-order chi connectivity index (χ1) is 14.7. The predicted octanol–water partition coefficient (Wildman–Crippen LogP) is 3.85. The molecule has 0 spiro atoms. The van der Waals surface area contributed by atoms with Crippen LogP contribution in [-0.2, 0) is 6.54 Å². The van der Waals surface area contributed by atoms with E-state index in [0.717, 1.165) is 44.4 Å². The van der Waals surface area contributed by atoms with E-state index in [9.17, 15) is 5.11 Å². The van der Waals surface area contributed by atoms with Gasteiger partial charge in [0.15, 0.2) is 5.96 Å². The molecular weight excluding hydrogens is 374 g/mol. The fraction of sp³-hybridized carbons (Fsp3) is 0.750. The molecule has 0 atom stereocenters. The highest BCUT2D eigenvalue weighted by Gasteiger charge is 2.31. The lowest BCUT2D eigenvalue weighted by Gasteiger charge is -2.37. The smallest absolute Gasteiger partial charge is 0.191 e. The van der Waals surface area contributed by atoms with Crippen LogP contribution in [0.15, 0.2) is 23.3 Å². The molecule has 0 unspecified atom stereocenters. The summed E-state index contributed by atoms with van der Waals surface area (Å²) in [6, 6.07) is 4.27. The second-order valence-corrected chi connectivity index (χ2v) is 9.01. The molecule has 0 bridgehead atoms. The SMILES string of the molecule is CCNC(=NCc1ccnc(N2CCCCCC2)c1)NCC1(CCO)CCCCC1. The zero-order chi connectivity index (χ0) is 21.1. The summed E-state index contributed by atoms with van der Waals surface area (Å²) < 4.78 is 0. The molecule has 1 saturated heterocycles. The van der Waals surface area contributed by atoms with Gasteiger partial charge in [0.25, 0.3) is 0 Å². The maximum absolute atomic E-state index is 9.57. The van der Waals surface area contributed by atoms with E-state index in [4.69, 9.17) is 4.99 Å². The molecule has 3 N–H and O–H groups in total. The molecule has 168 valence electrons. The van der Waals surface area contributed by atoms with Crippen LogP contribution in [0.5, 0.6) is 0 Å². The van der Waals surface area contributed by atoms with Crippen molar-refractivity contribution in [2.75, 3.05) is 37.7 Å². The van der Waals surface area contributed by atoms with E-state index in [2.05, 4.69) is 39.6 Å². The standard InChI is InChI=1S/C24H41N5O/c1-2-25-23(28-20-24(13-17-30)11-6-5-7-12-24)27-19-21-10-14-26-22(18-21)29-15-8-3-4-9-16-29/h10,14,18,30H,2-9,11-13,15-17,19-20H2,1H3,(H2,25,27,28). The van der Waals surface area contributed by atoms with E-state index in [-0.39, 0.29) is 12.0 Å². The molecule has 1 aliphatic carbocycles. The minimum atomic E-state index is 0.208. The van der Waals surface area contributed by atoms with Crippen LogP contribution in [0, 0.1) is 5.41 Å². The Bertz CT molecular complexity index is 643. The first kappa shape index (κ1) is 22.9. The molecule has 1 saturated carbocycles. The fourth-order valence-corrected chi connectivity index (χ4v) is 4.87. The minimum absolute atomic E-state index is 0.208. The zero-order valence-corrected chi connectivity index (χ0v) is 18.8. The molecule has 0 radical (unpaired) electrons. The number of hydrogen-bond acceptors (Lipinski definition) is 4. The van der Waals surface area contributed by atoms with Gasteiger partial charge in [-0.2, -0.15) is 0 Å². The van der Waals surface area contributed by atoms with Crippen LogP contribution in [0.1, 0.15) is 76.7 Å². The first-order valence-corrected chi connectivity index (χ1v) is 12.1. The van der Waals surface area contributed by atoms with Gasteiger partial charge in [-0.3, -0.25) is 0 Å². The van der Waals surface area contributed by atoms with E-state index in [0.29, 0.717) is 6.54 Å². The van der Waals surface area contributed by atoms with E-state index in [1.54, 1.807) is 0 Å². The van der Waals surface area contributed by atoms with Crippen LogP contribution in [0.2, 0.25) is 0 Å². The van der Waals surface area contributed by atoms with Crippen molar-refractivity contribution in [3.05, 3.63) is 23.9 Å². The molecule has 1 aliphatic heterocycles. The monoisotopic (exact) mass is 415 g/mol. The summed E-state index contributed by atoms with van der Waals surface area (Å²) in [5.74, 6) is 1.96. The number of hydrogen-bond donors (Lipinski definition) is 3. The van der Waals surface area contributed by atoms with Gasteiger partial charge in [-0.05, 0) is 62.1 Å². The number of aliphatic hydroxyl groups is 1. The number of aliphatic hydroxyl groups excluding tert-OH is 1. The zero-order valence-electron chi connectivity index (χ0n) is 18.8. The maximum Gasteiger partial charge on any atom is 0.191 e. The van der Waals surface area contributed by atoms with Crippen molar-refractivity contribution in [3.8, 4) is 0 Å². The largest absolute Gasteiger partial charge is 0.396 e.